The summed E-state index contributed by atoms with van der Waals surface area (Å²) in [4.78, 5) is 0. The molecule has 0 saturated carbocycles. The van der Waals surface area contributed by atoms with Crippen molar-refractivity contribution in [3.8, 4) is 0 Å². The Morgan fingerprint density at radius 1 is 0.920 bits per heavy atom. The number of rotatable bonds is 17. The maximum absolute atomic E-state index is 6.00. The zero-order valence-electron chi connectivity index (χ0n) is 15.9. The normalized spacial score (nSPS) is 14.9. The van der Waals surface area contributed by atoms with Gasteiger partial charge in [0.15, 0.2) is 5.05 Å². The van der Waals surface area contributed by atoms with E-state index in [1.165, 1.54) is 70.6 Å². The Morgan fingerprint density at radius 3 is 1.72 bits per heavy atom. The highest BCUT2D eigenvalue weighted by atomic mass is 35.5. The van der Waals surface area contributed by atoms with Crippen molar-refractivity contribution in [1.29, 1.82) is 0 Å². The highest BCUT2D eigenvalue weighted by Gasteiger charge is 2.33. The zero-order chi connectivity index (χ0) is 19.0. The first-order valence-corrected chi connectivity index (χ1v) is 11.2. The highest BCUT2D eigenvalue weighted by molar-refractivity contribution is 7.80. The van der Waals surface area contributed by atoms with Gasteiger partial charge in [0.05, 0.1) is 0 Å². The van der Waals surface area contributed by atoms with Gasteiger partial charge in [0.25, 0.3) is 5.18 Å². The van der Waals surface area contributed by atoms with Gasteiger partial charge >= 0.3 is 0 Å². The van der Waals surface area contributed by atoms with Crippen LogP contribution in [0, 0.1) is 0 Å². The van der Waals surface area contributed by atoms with Crippen LogP contribution in [0.15, 0.2) is 0 Å². The Balaban J connectivity index is 3.39. The minimum Gasteiger partial charge on any atom is -0.451 e. The summed E-state index contributed by atoms with van der Waals surface area (Å²) < 4.78 is 5.36. The van der Waals surface area contributed by atoms with E-state index in [9.17, 15) is 0 Å². The third kappa shape index (κ3) is 15.2. The fourth-order valence-corrected chi connectivity index (χ4v) is 3.29. The lowest BCUT2D eigenvalue weighted by molar-refractivity contribution is 0.147. The molecule has 0 spiro atoms. The standard InChI is InChI=1S/C19H38Cl2N2OS/c1-2-3-4-5-6-7-8-9-10-11-12-13-14-15-18(25)24-19(21,23)17(20)16-22/h17H,2-16,22-23H2,1H3. The van der Waals surface area contributed by atoms with E-state index in [0.29, 0.717) is 11.5 Å². The average Bonchev–Trinajstić information content (AvgIpc) is 2.57. The molecule has 6 heteroatoms. The summed E-state index contributed by atoms with van der Waals surface area (Å²) in [6, 6.07) is 0. The predicted octanol–water partition coefficient (Wildman–Crippen LogP) is 6.23. The molecule has 2 unspecified atom stereocenters. The van der Waals surface area contributed by atoms with Crippen LogP contribution in [0.5, 0.6) is 0 Å². The largest absolute Gasteiger partial charge is 0.451 e. The van der Waals surface area contributed by atoms with Crippen LogP contribution >= 0.6 is 35.4 Å². The second kappa shape index (κ2) is 16.6. The van der Waals surface area contributed by atoms with Crippen molar-refractivity contribution < 1.29 is 4.74 Å². The van der Waals surface area contributed by atoms with Crippen LogP contribution in [0.4, 0.5) is 0 Å². The van der Waals surface area contributed by atoms with Gasteiger partial charge in [-0.1, -0.05) is 95.6 Å². The molecule has 0 radical (unpaired) electrons. The van der Waals surface area contributed by atoms with Gasteiger partial charge in [-0.2, -0.15) is 0 Å². The molecule has 3 nitrogen and oxygen atoms in total. The second-order valence-electron chi connectivity index (χ2n) is 6.87. The third-order valence-electron chi connectivity index (χ3n) is 4.39. The lowest BCUT2D eigenvalue weighted by Crippen LogP contribution is -2.49. The number of alkyl halides is 2. The molecule has 0 fully saturated rings. The van der Waals surface area contributed by atoms with Crippen molar-refractivity contribution >= 4 is 40.5 Å². The van der Waals surface area contributed by atoms with Crippen LogP contribution < -0.4 is 11.5 Å². The van der Waals surface area contributed by atoms with Gasteiger partial charge in [-0.15, -0.1) is 11.6 Å². The van der Waals surface area contributed by atoms with Crippen molar-refractivity contribution in [2.24, 2.45) is 11.5 Å². The molecule has 0 aromatic heterocycles. The molecule has 25 heavy (non-hydrogen) atoms. The predicted molar refractivity (Wildman–Crippen MR) is 115 cm³/mol. The molecule has 0 aliphatic rings. The van der Waals surface area contributed by atoms with E-state index >= 15 is 0 Å². The van der Waals surface area contributed by atoms with Gasteiger partial charge in [-0.25, -0.2) is 0 Å². The maximum Gasteiger partial charge on any atom is 0.253 e. The summed E-state index contributed by atoms with van der Waals surface area (Å²) in [5.74, 6) is 0. The molecule has 0 amide bonds. The molecule has 2 atom stereocenters. The Kier molecular flexibility index (Phi) is 16.8. The Hall–Kier alpha value is 0.390. The Labute approximate surface area is 170 Å². The lowest BCUT2D eigenvalue weighted by Gasteiger charge is -2.27. The lowest BCUT2D eigenvalue weighted by atomic mass is 10.0. The molecule has 4 N–H and O–H groups in total. The van der Waals surface area contributed by atoms with Gasteiger partial charge in [0.1, 0.15) is 5.38 Å². The number of thiocarbonyl (C=S) groups is 1. The molecule has 0 aliphatic carbocycles. The average molecular weight is 413 g/mol. The van der Waals surface area contributed by atoms with Crippen LogP contribution in [-0.2, 0) is 4.74 Å². The van der Waals surface area contributed by atoms with Gasteiger partial charge in [-0.05, 0) is 18.6 Å². The number of ether oxygens (including phenoxy) is 1. The van der Waals surface area contributed by atoms with Crippen LogP contribution in [0.3, 0.4) is 0 Å². The fourth-order valence-electron chi connectivity index (χ4n) is 2.74. The van der Waals surface area contributed by atoms with E-state index in [1.807, 2.05) is 0 Å². The zero-order valence-corrected chi connectivity index (χ0v) is 18.2. The number of unbranched alkanes of at least 4 members (excludes halogenated alkanes) is 12. The Morgan fingerprint density at radius 2 is 1.32 bits per heavy atom. The van der Waals surface area contributed by atoms with Gasteiger partial charge < -0.3 is 10.5 Å². The molecule has 0 heterocycles. The molecule has 0 bridgehead atoms. The topological polar surface area (TPSA) is 61.3 Å². The van der Waals surface area contributed by atoms with Crippen LogP contribution in [0.2, 0.25) is 0 Å². The summed E-state index contributed by atoms with van der Waals surface area (Å²) >= 11 is 17.1. The molecule has 150 valence electrons. The quantitative estimate of drug-likeness (QED) is 0.0976. The van der Waals surface area contributed by atoms with Gasteiger partial charge in [-0.3, -0.25) is 5.73 Å². The van der Waals surface area contributed by atoms with Crippen molar-refractivity contribution in [3.63, 3.8) is 0 Å². The van der Waals surface area contributed by atoms with E-state index in [1.54, 1.807) is 0 Å². The Bertz CT molecular complexity index is 331. The molecular formula is C19H38Cl2N2OS. The van der Waals surface area contributed by atoms with Crippen LogP contribution in [0.25, 0.3) is 0 Å². The molecular weight excluding hydrogens is 375 g/mol. The number of hydrogen-bond donors (Lipinski definition) is 2. The van der Waals surface area contributed by atoms with Crippen molar-refractivity contribution in [2.75, 3.05) is 6.54 Å². The van der Waals surface area contributed by atoms with E-state index in [0.717, 1.165) is 12.8 Å². The first-order valence-electron chi connectivity index (χ1n) is 9.97. The van der Waals surface area contributed by atoms with Gasteiger partial charge in [0.2, 0.25) is 0 Å². The van der Waals surface area contributed by atoms with Crippen LogP contribution in [0.1, 0.15) is 96.8 Å². The molecule has 0 saturated heterocycles. The summed E-state index contributed by atoms with van der Waals surface area (Å²) in [5, 5.41) is -1.76. The summed E-state index contributed by atoms with van der Waals surface area (Å²) in [6.45, 7) is 2.41. The smallest absolute Gasteiger partial charge is 0.253 e. The molecule has 0 aliphatic heterocycles. The fraction of sp³-hybridized carbons (Fsp3) is 0.947. The van der Waals surface area contributed by atoms with E-state index in [4.69, 9.17) is 51.6 Å². The minimum atomic E-state index is -1.51. The summed E-state index contributed by atoms with van der Waals surface area (Å²) in [5.41, 5.74) is 11.2. The van der Waals surface area contributed by atoms with Crippen molar-refractivity contribution in [1.82, 2.24) is 0 Å². The minimum absolute atomic E-state index is 0.142. The molecule has 0 rings (SSSR count). The number of halogens is 2. The second-order valence-corrected chi connectivity index (χ2v) is 8.44. The number of hydrogen-bond acceptors (Lipinski definition) is 4. The highest BCUT2D eigenvalue weighted by Crippen LogP contribution is 2.21. The third-order valence-corrected chi connectivity index (χ3v) is 5.63. The summed E-state index contributed by atoms with van der Waals surface area (Å²) in [6.07, 6.45) is 17.8. The van der Waals surface area contributed by atoms with E-state index in [-0.39, 0.29) is 6.54 Å². The van der Waals surface area contributed by atoms with E-state index in [2.05, 4.69) is 6.92 Å². The SMILES string of the molecule is CCCCCCCCCCCCCCCC(=S)OC(N)(Cl)C(Cl)CN. The molecule has 0 aromatic carbocycles. The first-order chi connectivity index (χ1) is 11.9. The van der Waals surface area contributed by atoms with Crippen molar-refractivity contribution in [2.45, 2.75) is 107 Å². The molecule has 0 aromatic rings. The maximum atomic E-state index is 6.00. The monoisotopic (exact) mass is 412 g/mol. The summed E-state index contributed by atoms with van der Waals surface area (Å²) in [7, 11) is 0. The van der Waals surface area contributed by atoms with E-state index < -0.39 is 10.6 Å². The van der Waals surface area contributed by atoms with Crippen LogP contribution in [-0.4, -0.2) is 22.2 Å². The van der Waals surface area contributed by atoms with Crippen molar-refractivity contribution in [3.05, 3.63) is 0 Å². The van der Waals surface area contributed by atoms with Gasteiger partial charge in [0, 0.05) is 13.0 Å². The number of nitrogens with two attached hydrogens (primary N) is 2. The first kappa shape index (κ1) is 25.4.